The highest BCUT2D eigenvalue weighted by Gasteiger charge is 2.07. The van der Waals surface area contributed by atoms with Gasteiger partial charge in [0.2, 0.25) is 0 Å². The summed E-state index contributed by atoms with van der Waals surface area (Å²) in [4.78, 5) is 11.1. The molecule has 3 heteroatoms. The Labute approximate surface area is 80.6 Å². The van der Waals surface area contributed by atoms with Gasteiger partial charge in [0.05, 0.1) is 6.10 Å². The van der Waals surface area contributed by atoms with E-state index in [0.29, 0.717) is 13.0 Å². The number of rotatable bonds is 7. The van der Waals surface area contributed by atoms with E-state index in [-0.39, 0.29) is 12.1 Å². The molecule has 1 unspecified atom stereocenters. The van der Waals surface area contributed by atoms with Crippen molar-refractivity contribution in [3.63, 3.8) is 0 Å². The highest BCUT2D eigenvalue weighted by molar-refractivity contribution is 5.69. The zero-order valence-corrected chi connectivity index (χ0v) is 8.71. The summed E-state index contributed by atoms with van der Waals surface area (Å²) in [6.07, 6.45) is 4.46. The molecule has 0 heterocycles. The molecule has 0 aromatic heterocycles. The second-order valence-electron chi connectivity index (χ2n) is 3.33. The molecule has 0 saturated carbocycles. The number of unbranched alkanes of at least 4 members (excludes halogenated alkanes) is 1. The molecule has 0 aliphatic carbocycles. The van der Waals surface area contributed by atoms with Gasteiger partial charge < -0.3 is 10.5 Å². The van der Waals surface area contributed by atoms with Crippen LogP contribution in [-0.4, -0.2) is 18.6 Å². The molecule has 1 atom stereocenters. The molecule has 78 valence electrons. The molecule has 0 aliphatic rings. The van der Waals surface area contributed by atoms with Crippen molar-refractivity contribution in [2.75, 3.05) is 6.54 Å². The van der Waals surface area contributed by atoms with E-state index >= 15 is 0 Å². The van der Waals surface area contributed by atoms with Crippen LogP contribution in [-0.2, 0) is 9.53 Å². The fourth-order valence-electron chi connectivity index (χ4n) is 1.08. The molecule has 0 amide bonds. The van der Waals surface area contributed by atoms with Gasteiger partial charge in [0.1, 0.15) is 0 Å². The van der Waals surface area contributed by atoms with E-state index in [1.54, 1.807) is 0 Å². The van der Waals surface area contributed by atoms with Crippen LogP contribution in [0.5, 0.6) is 0 Å². The number of carbonyl (C=O) groups excluding carboxylic acids is 1. The van der Waals surface area contributed by atoms with E-state index in [9.17, 15) is 4.79 Å². The largest absolute Gasteiger partial charge is 0.463 e. The number of hydrogen-bond donors (Lipinski definition) is 1. The van der Waals surface area contributed by atoms with E-state index in [4.69, 9.17) is 10.5 Å². The van der Waals surface area contributed by atoms with Crippen molar-refractivity contribution in [2.45, 2.75) is 52.1 Å². The van der Waals surface area contributed by atoms with Gasteiger partial charge in [-0.2, -0.15) is 0 Å². The molecule has 3 nitrogen and oxygen atoms in total. The van der Waals surface area contributed by atoms with Gasteiger partial charge in [-0.3, -0.25) is 4.79 Å². The minimum Gasteiger partial charge on any atom is -0.463 e. The lowest BCUT2D eigenvalue weighted by atomic mass is 10.2. The maximum Gasteiger partial charge on any atom is 0.306 e. The molecule has 0 bridgehead atoms. The predicted octanol–water partition coefficient (Wildman–Crippen LogP) is 1.85. The summed E-state index contributed by atoms with van der Waals surface area (Å²) in [6, 6.07) is 0. The van der Waals surface area contributed by atoms with E-state index in [1.807, 2.05) is 6.92 Å². The summed E-state index contributed by atoms with van der Waals surface area (Å²) in [5, 5.41) is 0. The number of nitrogens with two attached hydrogens (primary N) is 1. The predicted molar refractivity (Wildman–Crippen MR) is 53.4 cm³/mol. The lowest BCUT2D eigenvalue weighted by Gasteiger charge is -2.12. The standard InChI is InChI=1S/C10H21NO2/c1-3-4-6-9(2)13-10(12)7-5-8-11/h9H,3-8,11H2,1-2H3. The molecule has 0 aromatic carbocycles. The molecular weight excluding hydrogens is 166 g/mol. The fourth-order valence-corrected chi connectivity index (χ4v) is 1.08. The van der Waals surface area contributed by atoms with E-state index in [1.165, 1.54) is 0 Å². The Morgan fingerprint density at radius 3 is 2.69 bits per heavy atom. The highest BCUT2D eigenvalue weighted by Crippen LogP contribution is 2.05. The van der Waals surface area contributed by atoms with Gasteiger partial charge in [-0.25, -0.2) is 0 Å². The molecular formula is C10H21NO2. The Morgan fingerprint density at radius 2 is 2.15 bits per heavy atom. The zero-order chi connectivity index (χ0) is 10.1. The molecule has 2 N–H and O–H groups in total. The Kier molecular flexibility index (Phi) is 7.69. The minimum atomic E-state index is -0.117. The van der Waals surface area contributed by atoms with Crippen LogP contribution in [0.2, 0.25) is 0 Å². The average Bonchev–Trinajstić information content (AvgIpc) is 2.11. The summed E-state index contributed by atoms with van der Waals surface area (Å²) in [6.45, 7) is 4.62. The van der Waals surface area contributed by atoms with Crippen molar-refractivity contribution >= 4 is 5.97 Å². The lowest BCUT2D eigenvalue weighted by Crippen LogP contribution is -2.15. The topological polar surface area (TPSA) is 52.3 Å². The van der Waals surface area contributed by atoms with Crippen LogP contribution in [0.25, 0.3) is 0 Å². The molecule has 0 saturated heterocycles. The van der Waals surface area contributed by atoms with Crippen molar-refractivity contribution in [1.82, 2.24) is 0 Å². The molecule has 0 spiro atoms. The monoisotopic (exact) mass is 187 g/mol. The normalized spacial score (nSPS) is 12.5. The molecule has 13 heavy (non-hydrogen) atoms. The molecule has 0 fully saturated rings. The van der Waals surface area contributed by atoms with E-state index in [2.05, 4.69) is 6.92 Å². The zero-order valence-electron chi connectivity index (χ0n) is 8.71. The van der Waals surface area contributed by atoms with Crippen molar-refractivity contribution in [3.8, 4) is 0 Å². The van der Waals surface area contributed by atoms with E-state index in [0.717, 1.165) is 25.7 Å². The third-order valence-electron chi connectivity index (χ3n) is 1.88. The van der Waals surface area contributed by atoms with Crippen molar-refractivity contribution < 1.29 is 9.53 Å². The third kappa shape index (κ3) is 7.78. The van der Waals surface area contributed by atoms with Crippen LogP contribution in [0, 0.1) is 0 Å². The lowest BCUT2D eigenvalue weighted by molar-refractivity contribution is -0.148. The van der Waals surface area contributed by atoms with Gasteiger partial charge in [-0.1, -0.05) is 19.8 Å². The number of ether oxygens (including phenoxy) is 1. The van der Waals surface area contributed by atoms with Crippen LogP contribution >= 0.6 is 0 Å². The summed E-state index contributed by atoms with van der Waals surface area (Å²) in [5.41, 5.74) is 5.28. The first-order chi connectivity index (χ1) is 6.20. The summed E-state index contributed by atoms with van der Waals surface area (Å²) in [7, 11) is 0. The number of esters is 1. The Hall–Kier alpha value is -0.570. The minimum absolute atomic E-state index is 0.0604. The molecule has 0 rings (SSSR count). The van der Waals surface area contributed by atoms with Gasteiger partial charge in [0.25, 0.3) is 0 Å². The first-order valence-electron chi connectivity index (χ1n) is 5.10. The average molecular weight is 187 g/mol. The maximum absolute atomic E-state index is 11.1. The first-order valence-corrected chi connectivity index (χ1v) is 5.10. The molecule has 0 aromatic rings. The van der Waals surface area contributed by atoms with Gasteiger partial charge >= 0.3 is 5.97 Å². The van der Waals surface area contributed by atoms with Gasteiger partial charge in [0.15, 0.2) is 0 Å². The summed E-state index contributed by atoms with van der Waals surface area (Å²) in [5.74, 6) is -0.117. The van der Waals surface area contributed by atoms with Crippen LogP contribution in [0.1, 0.15) is 46.0 Å². The highest BCUT2D eigenvalue weighted by atomic mass is 16.5. The van der Waals surface area contributed by atoms with Gasteiger partial charge in [0, 0.05) is 6.42 Å². The SMILES string of the molecule is CCCCC(C)OC(=O)CCCN. The van der Waals surface area contributed by atoms with E-state index < -0.39 is 0 Å². The second-order valence-corrected chi connectivity index (χ2v) is 3.33. The molecule has 0 radical (unpaired) electrons. The molecule has 0 aliphatic heterocycles. The first kappa shape index (κ1) is 12.4. The third-order valence-corrected chi connectivity index (χ3v) is 1.88. The van der Waals surface area contributed by atoms with Crippen LogP contribution in [0.4, 0.5) is 0 Å². The van der Waals surface area contributed by atoms with Crippen molar-refractivity contribution in [3.05, 3.63) is 0 Å². The Balaban J connectivity index is 3.41. The second kappa shape index (κ2) is 8.05. The number of hydrogen-bond acceptors (Lipinski definition) is 3. The Bertz CT molecular complexity index is 137. The maximum atomic E-state index is 11.1. The van der Waals surface area contributed by atoms with Gasteiger partial charge in [-0.15, -0.1) is 0 Å². The smallest absolute Gasteiger partial charge is 0.306 e. The quantitative estimate of drug-likeness (QED) is 0.619. The van der Waals surface area contributed by atoms with Crippen molar-refractivity contribution in [2.24, 2.45) is 5.73 Å². The van der Waals surface area contributed by atoms with Crippen LogP contribution in [0.15, 0.2) is 0 Å². The Morgan fingerprint density at radius 1 is 1.46 bits per heavy atom. The van der Waals surface area contributed by atoms with Gasteiger partial charge in [-0.05, 0) is 26.3 Å². The summed E-state index contributed by atoms with van der Waals surface area (Å²) < 4.78 is 5.16. The van der Waals surface area contributed by atoms with Crippen LogP contribution < -0.4 is 5.73 Å². The van der Waals surface area contributed by atoms with Crippen molar-refractivity contribution in [1.29, 1.82) is 0 Å². The summed E-state index contributed by atoms with van der Waals surface area (Å²) >= 11 is 0. The fraction of sp³-hybridized carbons (Fsp3) is 0.900. The number of carbonyl (C=O) groups is 1. The van der Waals surface area contributed by atoms with Crippen LogP contribution in [0.3, 0.4) is 0 Å².